The van der Waals surface area contributed by atoms with E-state index in [0.29, 0.717) is 11.3 Å². The van der Waals surface area contributed by atoms with Crippen LogP contribution in [0.1, 0.15) is 10.4 Å². The Kier molecular flexibility index (Phi) is 3.34. The van der Waals surface area contributed by atoms with Gasteiger partial charge in [0.2, 0.25) is 0 Å². The topological polar surface area (TPSA) is 81.0 Å². The zero-order chi connectivity index (χ0) is 12.3. The van der Waals surface area contributed by atoms with Crippen LogP contribution in [-0.4, -0.2) is 23.0 Å². The van der Waals surface area contributed by atoms with Gasteiger partial charge in [-0.1, -0.05) is 0 Å². The summed E-state index contributed by atoms with van der Waals surface area (Å²) in [7, 11) is 1.35. The lowest BCUT2D eigenvalue weighted by Crippen LogP contribution is -2.02. The molecule has 1 heterocycles. The van der Waals surface area contributed by atoms with E-state index >= 15 is 0 Å². The molecule has 0 saturated heterocycles. The van der Waals surface area contributed by atoms with E-state index in [9.17, 15) is 4.79 Å². The van der Waals surface area contributed by atoms with Crippen LogP contribution in [0, 0.1) is 0 Å². The number of anilines is 1. The number of carbonyl (C=O) groups excluding carboxylic acids is 1. The highest BCUT2D eigenvalue weighted by Gasteiger charge is 2.10. The van der Waals surface area contributed by atoms with E-state index in [4.69, 9.17) is 5.73 Å². The molecule has 1 aromatic heterocycles. The Hall–Kier alpha value is -1.95. The monoisotopic (exact) mass is 249 g/mol. The molecule has 0 aliphatic rings. The Morgan fingerprint density at radius 2 is 2.35 bits per heavy atom. The molecule has 88 valence electrons. The van der Waals surface area contributed by atoms with Crippen LogP contribution in [0.4, 0.5) is 5.69 Å². The molecule has 2 rings (SSSR count). The molecule has 0 bridgehead atoms. The van der Waals surface area contributed by atoms with Crippen LogP contribution in [-0.2, 0) is 4.74 Å². The number of hydrogen-bond donors (Lipinski definition) is 2. The SMILES string of the molecule is COC(=O)c1ccc(N)c(Sc2ncc[nH]2)c1. The molecule has 0 amide bonds. The minimum Gasteiger partial charge on any atom is -0.465 e. The van der Waals surface area contributed by atoms with Gasteiger partial charge in [0.1, 0.15) is 0 Å². The summed E-state index contributed by atoms with van der Waals surface area (Å²) in [6.07, 6.45) is 3.38. The maximum atomic E-state index is 11.4. The fraction of sp³-hybridized carbons (Fsp3) is 0.0909. The third kappa shape index (κ3) is 2.59. The summed E-state index contributed by atoms with van der Waals surface area (Å²) in [5, 5.41) is 0.721. The molecule has 0 spiro atoms. The summed E-state index contributed by atoms with van der Waals surface area (Å²) in [5.74, 6) is -0.383. The van der Waals surface area contributed by atoms with Gasteiger partial charge >= 0.3 is 5.97 Å². The Balaban J connectivity index is 2.29. The number of rotatable bonds is 3. The zero-order valence-corrected chi connectivity index (χ0v) is 9.95. The van der Waals surface area contributed by atoms with Gasteiger partial charge in [0.05, 0.1) is 12.7 Å². The normalized spacial score (nSPS) is 10.2. The van der Waals surface area contributed by atoms with Crippen molar-refractivity contribution >= 4 is 23.4 Å². The number of imidazole rings is 1. The van der Waals surface area contributed by atoms with Gasteiger partial charge in [-0.25, -0.2) is 9.78 Å². The molecule has 0 radical (unpaired) electrons. The first kappa shape index (κ1) is 11.5. The fourth-order valence-corrected chi connectivity index (χ4v) is 2.10. The van der Waals surface area contributed by atoms with Crippen molar-refractivity contribution in [2.75, 3.05) is 12.8 Å². The molecule has 0 aliphatic heterocycles. The van der Waals surface area contributed by atoms with Gasteiger partial charge in [0, 0.05) is 23.0 Å². The number of aromatic amines is 1. The number of H-pyrrole nitrogens is 1. The number of nitrogen functional groups attached to an aromatic ring is 1. The second-order valence-electron chi connectivity index (χ2n) is 3.24. The van der Waals surface area contributed by atoms with E-state index in [1.165, 1.54) is 18.9 Å². The fourth-order valence-electron chi connectivity index (χ4n) is 1.28. The molecule has 2 aromatic rings. The van der Waals surface area contributed by atoms with Crippen molar-refractivity contribution in [3.05, 3.63) is 36.2 Å². The molecule has 5 nitrogen and oxygen atoms in total. The summed E-state index contributed by atoms with van der Waals surface area (Å²) >= 11 is 1.36. The standard InChI is InChI=1S/C11H11N3O2S/c1-16-10(15)7-2-3-8(12)9(6-7)17-11-13-4-5-14-11/h2-6H,12H2,1H3,(H,13,14). The number of nitrogens with zero attached hydrogens (tertiary/aromatic N) is 1. The van der Waals surface area contributed by atoms with Crippen LogP contribution in [0.5, 0.6) is 0 Å². The molecular formula is C11H11N3O2S. The predicted octanol–water partition coefficient (Wildman–Crippen LogP) is 1.93. The van der Waals surface area contributed by atoms with Gasteiger partial charge < -0.3 is 15.5 Å². The van der Waals surface area contributed by atoms with Crippen LogP contribution in [0.15, 0.2) is 40.6 Å². The molecule has 17 heavy (non-hydrogen) atoms. The zero-order valence-electron chi connectivity index (χ0n) is 9.14. The molecule has 0 atom stereocenters. The summed E-state index contributed by atoms with van der Waals surface area (Å²) in [4.78, 5) is 19.2. The van der Waals surface area contributed by atoms with E-state index in [2.05, 4.69) is 14.7 Å². The Morgan fingerprint density at radius 1 is 1.53 bits per heavy atom. The van der Waals surface area contributed by atoms with E-state index < -0.39 is 0 Å². The van der Waals surface area contributed by atoms with Crippen LogP contribution >= 0.6 is 11.8 Å². The molecule has 0 fully saturated rings. The molecule has 0 aliphatic carbocycles. The van der Waals surface area contributed by atoms with Crippen LogP contribution in [0.2, 0.25) is 0 Å². The number of esters is 1. The number of benzene rings is 1. The Bertz CT molecular complexity index is 526. The number of ether oxygens (including phenoxy) is 1. The quantitative estimate of drug-likeness (QED) is 0.641. The first-order valence-electron chi connectivity index (χ1n) is 4.86. The van der Waals surface area contributed by atoms with E-state index in [1.54, 1.807) is 30.6 Å². The highest BCUT2D eigenvalue weighted by Crippen LogP contribution is 2.30. The minimum absolute atomic E-state index is 0.383. The second kappa shape index (κ2) is 4.92. The molecule has 0 unspecified atom stereocenters. The number of nitrogens with one attached hydrogen (secondary N) is 1. The average molecular weight is 249 g/mol. The van der Waals surface area contributed by atoms with Crippen molar-refractivity contribution in [1.29, 1.82) is 0 Å². The maximum absolute atomic E-state index is 11.4. The predicted molar refractivity (Wildman–Crippen MR) is 64.9 cm³/mol. The first-order chi connectivity index (χ1) is 8.20. The molecule has 0 saturated carbocycles. The number of methoxy groups -OCH3 is 1. The second-order valence-corrected chi connectivity index (χ2v) is 4.27. The lowest BCUT2D eigenvalue weighted by Gasteiger charge is -2.05. The van der Waals surface area contributed by atoms with Crippen LogP contribution < -0.4 is 5.73 Å². The van der Waals surface area contributed by atoms with Gasteiger partial charge in [0.15, 0.2) is 5.16 Å². The molecule has 1 aromatic carbocycles. The summed E-state index contributed by atoms with van der Waals surface area (Å²) in [5.41, 5.74) is 6.90. The largest absolute Gasteiger partial charge is 0.465 e. The number of aromatic nitrogens is 2. The highest BCUT2D eigenvalue weighted by atomic mass is 32.2. The summed E-state index contributed by atoms with van der Waals surface area (Å²) in [6, 6.07) is 5.00. The minimum atomic E-state index is -0.383. The van der Waals surface area contributed by atoms with Gasteiger partial charge in [-0.05, 0) is 30.0 Å². The molecule has 3 N–H and O–H groups in total. The third-order valence-corrected chi connectivity index (χ3v) is 3.10. The average Bonchev–Trinajstić information content (AvgIpc) is 2.84. The van der Waals surface area contributed by atoms with Crippen molar-refractivity contribution in [1.82, 2.24) is 9.97 Å². The van der Waals surface area contributed by atoms with Crippen LogP contribution in [0.3, 0.4) is 0 Å². The van der Waals surface area contributed by atoms with Crippen LogP contribution in [0.25, 0.3) is 0 Å². The van der Waals surface area contributed by atoms with Crippen molar-refractivity contribution in [2.24, 2.45) is 0 Å². The number of carbonyl (C=O) groups is 1. The van der Waals surface area contributed by atoms with Crippen molar-refractivity contribution < 1.29 is 9.53 Å². The Morgan fingerprint density at radius 3 is 3.00 bits per heavy atom. The maximum Gasteiger partial charge on any atom is 0.337 e. The first-order valence-corrected chi connectivity index (χ1v) is 5.67. The van der Waals surface area contributed by atoms with Gasteiger partial charge in [-0.2, -0.15) is 0 Å². The van der Waals surface area contributed by atoms with Crippen molar-refractivity contribution in [3.8, 4) is 0 Å². The smallest absolute Gasteiger partial charge is 0.337 e. The third-order valence-electron chi connectivity index (χ3n) is 2.11. The van der Waals surface area contributed by atoms with E-state index in [1.807, 2.05) is 0 Å². The van der Waals surface area contributed by atoms with Crippen molar-refractivity contribution in [2.45, 2.75) is 10.1 Å². The van der Waals surface area contributed by atoms with Crippen molar-refractivity contribution in [3.63, 3.8) is 0 Å². The van der Waals surface area contributed by atoms with Gasteiger partial charge in [0.25, 0.3) is 0 Å². The molecular weight excluding hydrogens is 238 g/mol. The Labute approximate surface area is 102 Å². The van der Waals surface area contributed by atoms with E-state index in [-0.39, 0.29) is 5.97 Å². The lowest BCUT2D eigenvalue weighted by molar-refractivity contribution is 0.0600. The summed E-state index contributed by atoms with van der Waals surface area (Å²) in [6.45, 7) is 0. The van der Waals surface area contributed by atoms with E-state index in [0.717, 1.165) is 10.1 Å². The lowest BCUT2D eigenvalue weighted by atomic mass is 10.2. The van der Waals surface area contributed by atoms with Gasteiger partial charge in [-0.15, -0.1) is 0 Å². The summed E-state index contributed by atoms with van der Waals surface area (Å²) < 4.78 is 4.65. The van der Waals surface area contributed by atoms with Gasteiger partial charge in [-0.3, -0.25) is 0 Å². The number of hydrogen-bond acceptors (Lipinski definition) is 5. The molecule has 6 heteroatoms. The number of nitrogens with two attached hydrogens (primary N) is 1. The highest BCUT2D eigenvalue weighted by molar-refractivity contribution is 7.99.